The summed E-state index contributed by atoms with van der Waals surface area (Å²) in [6.07, 6.45) is 0.444. The van der Waals surface area contributed by atoms with Crippen LogP contribution in [0.1, 0.15) is 12.8 Å². The van der Waals surface area contributed by atoms with Gasteiger partial charge in [-0.3, -0.25) is 9.59 Å². The van der Waals surface area contributed by atoms with Crippen molar-refractivity contribution in [2.24, 2.45) is 0 Å². The summed E-state index contributed by atoms with van der Waals surface area (Å²) >= 11 is 0. The highest BCUT2D eigenvalue weighted by Crippen LogP contribution is 2.08. The average molecular weight is 181 g/mol. The summed E-state index contributed by atoms with van der Waals surface area (Å²) in [5, 5.41) is 10.7. The van der Waals surface area contributed by atoms with Crippen molar-refractivity contribution in [2.75, 3.05) is 13.6 Å². The predicted octanol–water partition coefficient (Wildman–Crippen LogP) is -0.753. The summed E-state index contributed by atoms with van der Waals surface area (Å²) in [4.78, 5) is 23.8. The third-order valence-electron chi connectivity index (χ3n) is 2.00. The van der Waals surface area contributed by atoms with Crippen molar-refractivity contribution >= 4 is 11.8 Å². The highest BCUT2D eigenvalue weighted by molar-refractivity contribution is 5.89. The maximum atomic E-state index is 11.3. The van der Waals surface area contributed by atoms with Crippen molar-refractivity contribution in [2.45, 2.75) is 18.9 Å². The van der Waals surface area contributed by atoms with Gasteiger partial charge in [-0.2, -0.15) is 5.26 Å². The van der Waals surface area contributed by atoms with Crippen molar-refractivity contribution in [1.29, 1.82) is 5.26 Å². The van der Waals surface area contributed by atoms with Crippen molar-refractivity contribution in [3.8, 4) is 6.07 Å². The monoisotopic (exact) mass is 181 g/mol. The fourth-order valence-electron chi connectivity index (χ4n) is 1.27. The van der Waals surface area contributed by atoms with Crippen LogP contribution in [-0.2, 0) is 9.59 Å². The number of carbonyl (C=O) groups excluding carboxylic acids is 2. The minimum absolute atomic E-state index is 0.0775. The third-order valence-corrected chi connectivity index (χ3v) is 2.00. The van der Waals surface area contributed by atoms with E-state index in [1.165, 1.54) is 0 Å². The minimum Gasteiger partial charge on any atom is -0.344 e. The zero-order valence-electron chi connectivity index (χ0n) is 7.41. The molecular weight excluding hydrogens is 170 g/mol. The molecule has 0 aromatic rings. The van der Waals surface area contributed by atoms with Gasteiger partial charge in [0.1, 0.15) is 12.5 Å². The van der Waals surface area contributed by atoms with Crippen molar-refractivity contribution < 1.29 is 9.59 Å². The van der Waals surface area contributed by atoms with Crippen LogP contribution in [0, 0.1) is 11.3 Å². The fraction of sp³-hybridized carbons (Fsp3) is 0.625. The molecule has 5 heteroatoms. The van der Waals surface area contributed by atoms with Crippen molar-refractivity contribution in [3.63, 3.8) is 0 Å². The molecule has 1 N–H and O–H groups in total. The Morgan fingerprint density at radius 3 is 3.00 bits per heavy atom. The lowest BCUT2D eigenvalue weighted by atomic mass is 10.2. The van der Waals surface area contributed by atoms with Crippen LogP contribution in [0.3, 0.4) is 0 Å². The summed E-state index contributed by atoms with van der Waals surface area (Å²) in [5.41, 5.74) is 0. The first-order valence-corrected chi connectivity index (χ1v) is 4.06. The zero-order chi connectivity index (χ0) is 9.84. The SMILES string of the molecule is CN1CCC(NC(=O)CC#N)C1=O. The molecule has 13 heavy (non-hydrogen) atoms. The highest BCUT2D eigenvalue weighted by Gasteiger charge is 2.29. The first-order valence-electron chi connectivity index (χ1n) is 4.06. The normalized spacial score (nSPS) is 21.4. The molecule has 0 aromatic heterocycles. The molecular formula is C8H11N3O2. The van der Waals surface area contributed by atoms with Crippen LogP contribution >= 0.6 is 0 Å². The minimum atomic E-state index is -0.425. The number of nitriles is 1. The van der Waals surface area contributed by atoms with Gasteiger partial charge < -0.3 is 10.2 Å². The Balaban J connectivity index is 2.43. The second-order valence-corrected chi connectivity index (χ2v) is 3.00. The van der Waals surface area contributed by atoms with Gasteiger partial charge in [-0.05, 0) is 6.42 Å². The Morgan fingerprint density at radius 2 is 2.54 bits per heavy atom. The second kappa shape index (κ2) is 3.90. The Kier molecular flexibility index (Phi) is 2.85. The summed E-state index contributed by atoms with van der Waals surface area (Å²) in [5.74, 6) is -0.456. The van der Waals surface area contributed by atoms with Crippen LogP contribution < -0.4 is 5.32 Å². The summed E-state index contributed by atoms with van der Waals surface area (Å²) in [6, 6.07) is 1.31. The lowest BCUT2D eigenvalue weighted by Crippen LogP contribution is -2.40. The maximum Gasteiger partial charge on any atom is 0.244 e. The molecule has 1 unspecified atom stereocenters. The number of likely N-dealkylation sites (N-methyl/N-ethyl adjacent to an activating group) is 1. The topological polar surface area (TPSA) is 73.2 Å². The Hall–Kier alpha value is -1.57. The van der Waals surface area contributed by atoms with E-state index in [1.807, 2.05) is 0 Å². The van der Waals surface area contributed by atoms with Crippen LogP contribution in [-0.4, -0.2) is 36.3 Å². The molecule has 2 amide bonds. The molecule has 1 fully saturated rings. The number of nitrogens with zero attached hydrogens (tertiary/aromatic N) is 2. The molecule has 5 nitrogen and oxygen atoms in total. The Labute approximate surface area is 76.3 Å². The Morgan fingerprint density at radius 1 is 1.85 bits per heavy atom. The maximum absolute atomic E-state index is 11.3. The molecule has 1 heterocycles. The Bertz CT molecular complexity index is 269. The quantitative estimate of drug-likeness (QED) is 0.609. The van der Waals surface area contributed by atoms with Gasteiger partial charge in [0.25, 0.3) is 0 Å². The molecule has 1 aliphatic heterocycles. The van der Waals surface area contributed by atoms with Crippen LogP contribution in [0.2, 0.25) is 0 Å². The summed E-state index contributed by atoms with van der Waals surface area (Å²) in [7, 11) is 1.69. The molecule has 0 bridgehead atoms. The second-order valence-electron chi connectivity index (χ2n) is 3.00. The van der Waals surface area contributed by atoms with Gasteiger partial charge in [0.15, 0.2) is 0 Å². The van der Waals surface area contributed by atoms with Gasteiger partial charge >= 0.3 is 0 Å². The molecule has 70 valence electrons. The molecule has 1 rings (SSSR count). The number of nitrogens with one attached hydrogen (secondary N) is 1. The van der Waals surface area contributed by atoms with Crippen molar-refractivity contribution in [1.82, 2.24) is 10.2 Å². The molecule has 0 radical (unpaired) electrons. The lowest BCUT2D eigenvalue weighted by Gasteiger charge is -2.10. The zero-order valence-corrected chi connectivity index (χ0v) is 7.41. The van der Waals surface area contributed by atoms with E-state index in [2.05, 4.69) is 5.32 Å². The van der Waals surface area contributed by atoms with E-state index in [9.17, 15) is 9.59 Å². The largest absolute Gasteiger partial charge is 0.344 e. The first-order chi connectivity index (χ1) is 6.15. The third kappa shape index (κ3) is 2.18. The van der Waals surface area contributed by atoms with Gasteiger partial charge in [0.05, 0.1) is 6.07 Å². The highest BCUT2D eigenvalue weighted by atomic mass is 16.2. The molecule has 0 spiro atoms. The average Bonchev–Trinajstić information content (AvgIpc) is 2.37. The van der Waals surface area contributed by atoms with E-state index in [1.54, 1.807) is 18.0 Å². The number of amides is 2. The predicted molar refractivity (Wildman–Crippen MR) is 44.4 cm³/mol. The number of likely N-dealkylation sites (tertiary alicyclic amines) is 1. The fourth-order valence-corrected chi connectivity index (χ4v) is 1.27. The van der Waals surface area contributed by atoms with E-state index in [0.29, 0.717) is 13.0 Å². The van der Waals surface area contributed by atoms with Crippen LogP contribution in [0.25, 0.3) is 0 Å². The number of hydrogen-bond donors (Lipinski definition) is 1. The van der Waals surface area contributed by atoms with E-state index in [-0.39, 0.29) is 18.2 Å². The van der Waals surface area contributed by atoms with Gasteiger partial charge in [0, 0.05) is 13.6 Å². The first kappa shape index (κ1) is 9.52. The molecule has 1 atom stereocenters. The van der Waals surface area contributed by atoms with E-state index < -0.39 is 6.04 Å². The molecule has 0 saturated carbocycles. The molecule has 0 aliphatic carbocycles. The van der Waals surface area contributed by atoms with Crippen LogP contribution in [0.4, 0.5) is 0 Å². The molecule has 1 saturated heterocycles. The molecule has 0 aromatic carbocycles. The summed E-state index contributed by atoms with van der Waals surface area (Å²) < 4.78 is 0. The lowest BCUT2D eigenvalue weighted by molar-refractivity contribution is -0.131. The summed E-state index contributed by atoms with van der Waals surface area (Å²) in [6.45, 7) is 0.663. The van der Waals surface area contributed by atoms with Crippen molar-refractivity contribution in [3.05, 3.63) is 0 Å². The van der Waals surface area contributed by atoms with Gasteiger partial charge in [0.2, 0.25) is 11.8 Å². The van der Waals surface area contributed by atoms with E-state index >= 15 is 0 Å². The van der Waals surface area contributed by atoms with Crippen LogP contribution in [0.5, 0.6) is 0 Å². The number of carbonyl (C=O) groups is 2. The van der Waals surface area contributed by atoms with E-state index in [4.69, 9.17) is 5.26 Å². The number of hydrogen-bond acceptors (Lipinski definition) is 3. The van der Waals surface area contributed by atoms with Gasteiger partial charge in [-0.15, -0.1) is 0 Å². The number of rotatable bonds is 2. The van der Waals surface area contributed by atoms with Crippen LogP contribution in [0.15, 0.2) is 0 Å². The van der Waals surface area contributed by atoms with Gasteiger partial charge in [-0.25, -0.2) is 0 Å². The smallest absolute Gasteiger partial charge is 0.244 e. The van der Waals surface area contributed by atoms with E-state index in [0.717, 1.165) is 0 Å². The standard InChI is InChI=1S/C8H11N3O2/c1-11-5-3-6(8(11)13)10-7(12)2-4-9/h6H,2-3,5H2,1H3,(H,10,12). The van der Waals surface area contributed by atoms with Gasteiger partial charge in [-0.1, -0.05) is 0 Å². The molecule has 1 aliphatic rings.